The average Bonchev–Trinajstić information content (AvgIpc) is 2.14. The Hall–Kier alpha value is -0.240. The van der Waals surface area contributed by atoms with Gasteiger partial charge in [0.25, 0.3) is 0 Å². The molecule has 1 aromatic carbocycles. The molecule has 18 heavy (non-hydrogen) atoms. The van der Waals surface area contributed by atoms with Crippen LogP contribution in [0.5, 0.6) is 0 Å². The zero-order valence-corrected chi connectivity index (χ0v) is 12.5. The van der Waals surface area contributed by atoms with Gasteiger partial charge in [-0.1, -0.05) is 46.3 Å². The minimum atomic E-state index is -4.19. The summed E-state index contributed by atoms with van der Waals surface area (Å²) in [5.74, 6) is -2.62. The summed E-state index contributed by atoms with van der Waals surface area (Å²) in [5, 5.41) is 0. The molecule has 3 nitrogen and oxygen atoms in total. The second-order valence-corrected chi connectivity index (χ2v) is 6.66. The van der Waals surface area contributed by atoms with Crippen molar-refractivity contribution < 1.29 is 21.8 Å². The Morgan fingerprint density at radius 1 is 1.39 bits per heavy atom. The summed E-state index contributed by atoms with van der Waals surface area (Å²) in [4.78, 5) is -0.270. The van der Waals surface area contributed by atoms with Crippen molar-refractivity contribution >= 4 is 35.9 Å². The molecule has 1 N–H and O–H groups in total. The summed E-state index contributed by atoms with van der Waals surface area (Å²) in [6.45, 7) is 0.935. The van der Waals surface area contributed by atoms with Crippen LogP contribution in [0.2, 0.25) is 0 Å². The standard InChI is InChI=1S/C10H11BrF2.ClHO3S/c1-10(12,13)7-9(11)8-5-3-2-4-6-8;1-5(2,3)4/h2-6,9H,7H2,1H3;(H,2,3,4). The molecule has 8 heteroatoms. The van der Waals surface area contributed by atoms with Crippen molar-refractivity contribution in [1.82, 2.24) is 0 Å². The van der Waals surface area contributed by atoms with Crippen LogP contribution in [0.25, 0.3) is 0 Å². The van der Waals surface area contributed by atoms with Gasteiger partial charge >= 0.3 is 9.33 Å². The SMILES string of the molecule is CC(F)(F)CC(Br)c1ccccc1.O=S(=O)(O)Cl. The third-order valence-corrected chi connectivity index (χ3v) is 2.55. The van der Waals surface area contributed by atoms with Gasteiger partial charge in [0.15, 0.2) is 0 Å². The Morgan fingerprint density at radius 2 is 1.78 bits per heavy atom. The maximum absolute atomic E-state index is 12.6. The van der Waals surface area contributed by atoms with E-state index in [9.17, 15) is 8.78 Å². The molecule has 0 heterocycles. The quantitative estimate of drug-likeness (QED) is 0.496. The fourth-order valence-electron chi connectivity index (χ4n) is 1.09. The van der Waals surface area contributed by atoms with Crippen molar-refractivity contribution in [2.24, 2.45) is 0 Å². The molecule has 0 spiro atoms. The number of halogens is 4. The van der Waals surface area contributed by atoms with Gasteiger partial charge in [-0.15, -0.1) is 0 Å². The second-order valence-electron chi connectivity index (χ2n) is 3.56. The molecule has 0 aliphatic heterocycles. The summed E-state index contributed by atoms with van der Waals surface area (Å²) in [6.07, 6.45) is -0.170. The van der Waals surface area contributed by atoms with E-state index in [0.29, 0.717) is 0 Å². The zero-order chi connectivity index (χ0) is 14.4. The van der Waals surface area contributed by atoms with Crippen molar-refractivity contribution in [1.29, 1.82) is 0 Å². The molecule has 0 saturated carbocycles. The largest absolute Gasteiger partial charge is 0.353 e. The molecule has 0 aliphatic carbocycles. The van der Waals surface area contributed by atoms with Crippen molar-refractivity contribution in [2.45, 2.75) is 24.1 Å². The highest BCUT2D eigenvalue weighted by molar-refractivity contribution is 9.09. The van der Waals surface area contributed by atoms with E-state index in [1.807, 2.05) is 30.3 Å². The van der Waals surface area contributed by atoms with E-state index < -0.39 is 15.3 Å². The van der Waals surface area contributed by atoms with Crippen LogP contribution >= 0.6 is 26.6 Å². The fourth-order valence-corrected chi connectivity index (χ4v) is 1.97. The first kappa shape index (κ1) is 17.8. The maximum Gasteiger partial charge on any atom is 0.353 e. The average molecular weight is 366 g/mol. The van der Waals surface area contributed by atoms with Crippen molar-refractivity contribution in [2.75, 3.05) is 0 Å². The monoisotopic (exact) mass is 364 g/mol. The first-order valence-corrected chi connectivity index (χ1v) is 7.91. The van der Waals surface area contributed by atoms with E-state index in [1.54, 1.807) is 0 Å². The third-order valence-electron chi connectivity index (χ3n) is 1.70. The Morgan fingerprint density at radius 3 is 2.11 bits per heavy atom. The lowest BCUT2D eigenvalue weighted by Crippen LogP contribution is -2.12. The summed E-state index contributed by atoms with van der Waals surface area (Å²) < 4.78 is 50.4. The van der Waals surface area contributed by atoms with Crippen molar-refractivity contribution in [3.8, 4) is 0 Å². The summed E-state index contributed by atoms with van der Waals surface area (Å²) >= 11 is 3.24. The molecular weight excluding hydrogens is 354 g/mol. The number of benzene rings is 1. The Kier molecular flexibility index (Phi) is 7.28. The first-order chi connectivity index (χ1) is 7.99. The predicted molar refractivity (Wildman–Crippen MR) is 70.7 cm³/mol. The summed E-state index contributed by atoms with van der Waals surface area (Å²) in [6, 6.07) is 9.23. The maximum atomic E-state index is 12.6. The number of hydrogen-bond donors (Lipinski definition) is 1. The van der Waals surface area contributed by atoms with Crippen molar-refractivity contribution in [3.05, 3.63) is 35.9 Å². The zero-order valence-electron chi connectivity index (χ0n) is 9.36. The number of hydrogen-bond acceptors (Lipinski definition) is 2. The van der Waals surface area contributed by atoms with Crippen molar-refractivity contribution in [3.63, 3.8) is 0 Å². The van der Waals surface area contributed by atoms with E-state index in [-0.39, 0.29) is 11.2 Å². The minimum absolute atomic E-state index is 0.170. The van der Waals surface area contributed by atoms with Crippen LogP contribution in [0.15, 0.2) is 30.3 Å². The molecule has 104 valence electrons. The molecule has 0 aliphatic rings. The van der Waals surface area contributed by atoms with Crippen LogP contribution in [-0.4, -0.2) is 18.9 Å². The fraction of sp³-hybridized carbons (Fsp3) is 0.400. The number of rotatable bonds is 3. The van der Waals surface area contributed by atoms with E-state index in [4.69, 9.17) is 13.0 Å². The van der Waals surface area contributed by atoms with Crippen LogP contribution in [0, 0.1) is 0 Å². The Bertz CT molecular complexity index is 440. The van der Waals surface area contributed by atoms with Gasteiger partial charge in [-0.3, -0.25) is 4.55 Å². The second kappa shape index (κ2) is 7.37. The first-order valence-electron chi connectivity index (χ1n) is 4.73. The lowest BCUT2D eigenvalue weighted by Gasteiger charge is -2.15. The highest BCUT2D eigenvalue weighted by atomic mass is 79.9. The molecule has 1 atom stereocenters. The minimum Gasteiger partial charge on any atom is -0.273 e. The number of alkyl halides is 3. The van der Waals surface area contributed by atoms with Gasteiger partial charge in [0.1, 0.15) is 0 Å². The van der Waals surface area contributed by atoms with Crippen LogP contribution in [0.3, 0.4) is 0 Å². The van der Waals surface area contributed by atoms with Gasteiger partial charge in [-0.25, -0.2) is 8.78 Å². The van der Waals surface area contributed by atoms with Gasteiger partial charge in [-0.05, 0) is 12.5 Å². The van der Waals surface area contributed by atoms with Crippen LogP contribution in [-0.2, 0) is 9.33 Å². The smallest absolute Gasteiger partial charge is 0.273 e. The van der Waals surface area contributed by atoms with E-state index in [1.165, 1.54) is 0 Å². The normalized spacial score (nSPS) is 13.4. The molecule has 1 unspecified atom stereocenters. The Labute approximate surface area is 118 Å². The van der Waals surface area contributed by atoms with Gasteiger partial charge < -0.3 is 0 Å². The molecule has 0 aromatic heterocycles. The van der Waals surface area contributed by atoms with Gasteiger partial charge in [0.2, 0.25) is 5.92 Å². The highest BCUT2D eigenvalue weighted by Crippen LogP contribution is 2.33. The lowest BCUT2D eigenvalue weighted by molar-refractivity contribution is 0.0130. The van der Waals surface area contributed by atoms with Gasteiger partial charge in [-0.2, -0.15) is 8.42 Å². The third kappa shape index (κ3) is 12.2. The van der Waals surface area contributed by atoms with E-state index in [0.717, 1.165) is 12.5 Å². The highest BCUT2D eigenvalue weighted by Gasteiger charge is 2.25. The van der Waals surface area contributed by atoms with Crippen LogP contribution in [0.4, 0.5) is 8.78 Å². The summed E-state index contributed by atoms with van der Waals surface area (Å²) in [5.41, 5.74) is 0.893. The molecule has 1 rings (SSSR count). The van der Waals surface area contributed by atoms with E-state index >= 15 is 0 Å². The van der Waals surface area contributed by atoms with Crippen LogP contribution in [0.1, 0.15) is 23.7 Å². The van der Waals surface area contributed by atoms with Gasteiger partial charge in [0, 0.05) is 21.9 Å². The van der Waals surface area contributed by atoms with E-state index in [2.05, 4.69) is 26.6 Å². The molecule has 0 saturated heterocycles. The summed E-state index contributed by atoms with van der Waals surface area (Å²) in [7, 11) is -0.137. The topological polar surface area (TPSA) is 54.4 Å². The van der Waals surface area contributed by atoms with Crippen LogP contribution < -0.4 is 0 Å². The molecule has 0 amide bonds. The Balaban J connectivity index is 0.000000494. The molecule has 0 radical (unpaired) electrons. The molecule has 0 fully saturated rings. The molecule has 0 bridgehead atoms. The molecule has 1 aromatic rings. The predicted octanol–water partition coefficient (Wildman–Crippen LogP) is 4.20. The van der Waals surface area contributed by atoms with Gasteiger partial charge in [0.05, 0.1) is 0 Å². The molecular formula is C10H12BrClF2O3S. The lowest BCUT2D eigenvalue weighted by atomic mass is 10.1.